The van der Waals surface area contributed by atoms with Gasteiger partial charge in [0, 0.05) is 28.0 Å². The molecule has 0 bridgehead atoms. The maximum Gasteiger partial charge on any atom is 0.109 e. The zero-order chi connectivity index (χ0) is 39.6. The number of thiazole rings is 1. The molecule has 12 rings (SSSR count). The summed E-state index contributed by atoms with van der Waals surface area (Å²) in [4.78, 5) is 3.68. The Bertz CT molecular complexity index is 3310. The van der Waals surface area contributed by atoms with Gasteiger partial charge in [-0.2, -0.15) is 0 Å². The van der Waals surface area contributed by atoms with Crippen molar-refractivity contribution in [3.05, 3.63) is 253 Å². The summed E-state index contributed by atoms with van der Waals surface area (Å²) in [5, 5.41) is 1.29. The van der Waals surface area contributed by atoms with Crippen molar-refractivity contribution < 1.29 is 0 Å². The number of hydrogen-bond acceptors (Lipinski definition) is 2. The molecule has 0 saturated carbocycles. The molecule has 0 aliphatic heterocycles. The fourth-order valence-corrected chi connectivity index (χ4v) is 11.1. The Hall–Kier alpha value is -7.46. The quantitative estimate of drug-likeness (QED) is 0.156. The molecule has 60 heavy (non-hydrogen) atoms. The second-order valence-electron chi connectivity index (χ2n) is 15.7. The zero-order valence-corrected chi connectivity index (χ0v) is 33.6. The first kappa shape index (κ1) is 34.6. The Balaban J connectivity index is 0.996. The van der Waals surface area contributed by atoms with Crippen molar-refractivity contribution in [2.24, 2.45) is 0 Å². The van der Waals surface area contributed by atoms with E-state index < -0.39 is 5.41 Å². The lowest BCUT2D eigenvalue weighted by molar-refractivity contribution is 0.768. The van der Waals surface area contributed by atoms with Gasteiger partial charge in [-0.05, 0) is 105 Å². The fourth-order valence-electron chi connectivity index (χ4n) is 9.90. The van der Waals surface area contributed by atoms with Crippen molar-refractivity contribution in [1.29, 1.82) is 0 Å². The van der Waals surface area contributed by atoms with Gasteiger partial charge >= 0.3 is 0 Å². The molecule has 9 aromatic carbocycles. The van der Waals surface area contributed by atoms with E-state index in [1.165, 1.54) is 81.6 Å². The molecule has 1 aliphatic carbocycles. The average Bonchev–Trinajstić information content (AvgIpc) is 3.96. The summed E-state index contributed by atoms with van der Waals surface area (Å²) >= 11 is 1.87. The van der Waals surface area contributed by atoms with Gasteiger partial charge in [0.05, 0.1) is 21.1 Å². The molecule has 0 atom stereocenters. The highest BCUT2D eigenvalue weighted by Crippen LogP contribution is 2.57. The first-order valence-electron chi connectivity index (χ1n) is 20.6. The number of para-hydroxylation sites is 2. The average molecular weight is 783 g/mol. The predicted molar refractivity (Wildman–Crippen MR) is 253 cm³/mol. The van der Waals surface area contributed by atoms with Crippen LogP contribution in [0, 0.1) is 0 Å². The van der Waals surface area contributed by atoms with Gasteiger partial charge in [-0.25, -0.2) is 0 Å². The third kappa shape index (κ3) is 5.19. The lowest BCUT2D eigenvalue weighted by atomic mass is 9.67. The second-order valence-corrected chi connectivity index (χ2v) is 16.7. The molecular weight excluding hydrogens is 745 g/mol. The minimum absolute atomic E-state index is 0.477. The summed E-state index contributed by atoms with van der Waals surface area (Å²) in [6.45, 7) is 0. The van der Waals surface area contributed by atoms with Gasteiger partial charge in [0.1, 0.15) is 4.83 Å². The number of anilines is 3. The summed E-state index contributed by atoms with van der Waals surface area (Å²) in [7, 11) is 0. The molecule has 2 aromatic heterocycles. The van der Waals surface area contributed by atoms with Crippen molar-refractivity contribution in [1.82, 2.24) is 4.40 Å². The van der Waals surface area contributed by atoms with Gasteiger partial charge in [-0.3, -0.25) is 4.40 Å². The molecular formula is C57H38N2S. The number of nitrogens with zero attached hydrogens (tertiary/aromatic N) is 2. The molecule has 0 spiro atoms. The van der Waals surface area contributed by atoms with Crippen LogP contribution in [0.15, 0.2) is 231 Å². The van der Waals surface area contributed by atoms with Gasteiger partial charge < -0.3 is 4.90 Å². The number of hydrogen-bond donors (Lipinski definition) is 0. The first-order valence-corrected chi connectivity index (χ1v) is 21.4. The molecule has 282 valence electrons. The highest BCUT2D eigenvalue weighted by molar-refractivity contribution is 7.24. The van der Waals surface area contributed by atoms with Gasteiger partial charge in [0.25, 0.3) is 0 Å². The van der Waals surface area contributed by atoms with E-state index in [-0.39, 0.29) is 0 Å². The van der Waals surface area contributed by atoms with Crippen LogP contribution < -0.4 is 4.90 Å². The maximum atomic E-state index is 2.46. The standard InChI is InChI=1S/C57H38N2S/c1-5-17-40(18-6-1)55-49-26-14-16-28-52(49)59-53-37-41(31-36-54(53)60-56(55)59)39-29-32-45(33-30-39)58(44-23-11-4-12-24-44)46-34-35-48-47-25-13-15-27-50(47)57(51(48)38-46,42-19-7-2-8-20-42)43-21-9-3-10-22-43/h1-38H. The third-order valence-electron chi connectivity index (χ3n) is 12.5. The molecule has 2 nitrogen and oxygen atoms in total. The Morgan fingerprint density at radius 3 is 1.68 bits per heavy atom. The monoisotopic (exact) mass is 782 g/mol. The van der Waals surface area contributed by atoms with E-state index in [9.17, 15) is 0 Å². The van der Waals surface area contributed by atoms with Crippen molar-refractivity contribution >= 4 is 54.3 Å². The molecule has 1 aliphatic rings. The molecule has 0 unspecified atom stereocenters. The summed E-state index contributed by atoms with van der Waals surface area (Å²) in [5.41, 5.74) is 18.0. The van der Waals surface area contributed by atoms with E-state index in [0.29, 0.717) is 0 Å². The predicted octanol–water partition coefficient (Wildman–Crippen LogP) is 15.5. The molecule has 0 saturated heterocycles. The van der Waals surface area contributed by atoms with Crippen molar-refractivity contribution in [2.75, 3.05) is 4.90 Å². The van der Waals surface area contributed by atoms with Crippen LogP contribution in [0.4, 0.5) is 17.1 Å². The van der Waals surface area contributed by atoms with E-state index in [1.54, 1.807) is 0 Å². The SMILES string of the molecule is c1ccc(-c2c3ccccc3n3c2sc2ccc(-c4ccc(N(c5ccccc5)c5ccc6c(c5)C(c5ccccc5)(c5ccccc5)c5ccccc5-6)cc4)cc23)cc1. The smallest absolute Gasteiger partial charge is 0.109 e. The van der Waals surface area contributed by atoms with Crippen LogP contribution in [0.2, 0.25) is 0 Å². The topological polar surface area (TPSA) is 7.65 Å². The zero-order valence-electron chi connectivity index (χ0n) is 32.7. The van der Waals surface area contributed by atoms with Gasteiger partial charge in [-0.1, -0.05) is 176 Å². The van der Waals surface area contributed by atoms with E-state index in [0.717, 1.165) is 17.1 Å². The van der Waals surface area contributed by atoms with E-state index in [2.05, 4.69) is 240 Å². The molecule has 3 heteroatoms. The summed E-state index contributed by atoms with van der Waals surface area (Å²) in [6.07, 6.45) is 0. The van der Waals surface area contributed by atoms with Gasteiger partial charge in [-0.15, -0.1) is 11.3 Å². The van der Waals surface area contributed by atoms with Crippen LogP contribution in [0.1, 0.15) is 22.3 Å². The largest absolute Gasteiger partial charge is 0.310 e. The van der Waals surface area contributed by atoms with Gasteiger partial charge in [0.15, 0.2) is 0 Å². The van der Waals surface area contributed by atoms with Crippen LogP contribution in [0.25, 0.3) is 59.3 Å². The van der Waals surface area contributed by atoms with Crippen molar-refractivity contribution in [3.63, 3.8) is 0 Å². The van der Waals surface area contributed by atoms with E-state index in [1.807, 2.05) is 11.3 Å². The first-order chi connectivity index (χ1) is 29.8. The molecule has 0 radical (unpaired) electrons. The molecule has 11 aromatic rings. The number of aromatic nitrogens is 1. The summed E-state index contributed by atoms with van der Waals surface area (Å²) in [5.74, 6) is 0. The summed E-state index contributed by atoms with van der Waals surface area (Å²) in [6, 6.07) is 84.5. The van der Waals surface area contributed by atoms with E-state index in [4.69, 9.17) is 0 Å². The Morgan fingerprint density at radius 2 is 0.950 bits per heavy atom. The highest BCUT2D eigenvalue weighted by atomic mass is 32.1. The van der Waals surface area contributed by atoms with Gasteiger partial charge in [0.2, 0.25) is 0 Å². The Kier molecular flexibility index (Phi) is 7.97. The molecule has 0 amide bonds. The lowest BCUT2D eigenvalue weighted by Crippen LogP contribution is -2.28. The molecule has 2 heterocycles. The molecule has 0 N–H and O–H groups in total. The number of rotatable bonds is 7. The number of fused-ring (bicyclic) bond motifs is 8. The third-order valence-corrected chi connectivity index (χ3v) is 13.6. The molecule has 0 fully saturated rings. The Labute approximate surface area is 353 Å². The number of benzene rings is 9. The minimum atomic E-state index is -0.477. The van der Waals surface area contributed by atoms with Crippen LogP contribution >= 0.6 is 11.3 Å². The van der Waals surface area contributed by atoms with Crippen molar-refractivity contribution in [3.8, 4) is 33.4 Å². The second kappa shape index (κ2) is 13.8. The summed E-state index contributed by atoms with van der Waals surface area (Å²) < 4.78 is 3.74. The van der Waals surface area contributed by atoms with E-state index >= 15 is 0 Å². The fraction of sp³-hybridized carbons (Fsp3) is 0.0175. The van der Waals surface area contributed by atoms with Crippen LogP contribution in [0.3, 0.4) is 0 Å². The lowest BCUT2D eigenvalue weighted by Gasteiger charge is -2.35. The Morgan fingerprint density at radius 1 is 0.383 bits per heavy atom. The van der Waals surface area contributed by atoms with Crippen LogP contribution in [0.5, 0.6) is 0 Å². The highest BCUT2D eigenvalue weighted by Gasteiger charge is 2.46. The normalized spacial score (nSPS) is 12.8. The van der Waals surface area contributed by atoms with Crippen LogP contribution in [-0.2, 0) is 5.41 Å². The van der Waals surface area contributed by atoms with Crippen molar-refractivity contribution in [2.45, 2.75) is 5.41 Å². The maximum absolute atomic E-state index is 2.46. The minimum Gasteiger partial charge on any atom is -0.310 e. The van der Waals surface area contributed by atoms with Crippen LogP contribution in [-0.4, -0.2) is 4.40 Å².